The van der Waals surface area contributed by atoms with Gasteiger partial charge in [-0.15, -0.1) is 11.8 Å². The predicted molar refractivity (Wildman–Crippen MR) is 153 cm³/mol. The molecule has 0 aliphatic carbocycles. The van der Waals surface area contributed by atoms with Crippen molar-refractivity contribution in [3.8, 4) is 10.4 Å². The second kappa shape index (κ2) is 14.6. The highest BCUT2D eigenvalue weighted by molar-refractivity contribution is 9.09. The number of benzene rings is 2. The SMILES string of the molecule is C[N+](C)=c1sc(SCCCCCCCCCCCCBr)c(-c2ccc3ccccc3c2)s1. The summed E-state index contributed by atoms with van der Waals surface area (Å²) in [6, 6.07) is 15.6. The van der Waals surface area contributed by atoms with E-state index in [-0.39, 0.29) is 0 Å². The molecule has 3 aromatic rings. The molecule has 0 saturated heterocycles. The summed E-state index contributed by atoms with van der Waals surface area (Å²) in [6.07, 6.45) is 13.9. The maximum Gasteiger partial charge on any atom is 0.315 e. The molecule has 0 saturated carbocycles. The zero-order chi connectivity index (χ0) is 22.6. The number of rotatable bonds is 14. The average molecular weight is 552 g/mol. The molecule has 32 heavy (non-hydrogen) atoms. The summed E-state index contributed by atoms with van der Waals surface area (Å²) in [6.45, 7) is 0. The van der Waals surface area contributed by atoms with Gasteiger partial charge in [-0.25, -0.2) is 4.58 Å². The fourth-order valence-electron chi connectivity index (χ4n) is 3.84. The van der Waals surface area contributed by atoms with Gasteiger partial charge in [0.05, 0.1) is 9.09 Å². The third kappa shape index (κ3) is 8.30. The smallest absolute Gasteiger partial charge is 0.217 e. The minimum Gasteiger partial charge on any atom is -0.217 e. The molecule has 1 nitrogen and oxygen atoms in total. The van der Waals surface area contributed by atoms with Crippen molar-refractivity contribution in [2.45, 2.75) is 68.4 Å². The molecule has 1 aromatic heterocycles. The third-order valence-electron chi connectivity index (χ3n) is 5.69. The molecule has 0 amide bonds. The van der Waals surface area contributed by atoms with Crippen molar-refractivity contribution in [1.82, 2.24) is 4.58 Å². The summed E-state index contributed by atoms with van der Waals surface area (Å²) in [4.78, 5) is 1.44. The van der Waals surface area contributed by atoms with Crippen molar-refractivity contribution >= 4 is 61.1 Å². The number of unbranched alkanes of at least 4 members (excludes halogenated alkanes) is 9. The first-order valence-corrected chi connectivity index (χ1v) is 15.8. The van der Waals surface area contributed by atoms with Crippen LogP contribution in [0.3, 0.4) is 0 Å². The van der Waals surface area contributed by atoms with Crippen LogP contribution in [0.1, 0.15) is 64.2 Å². The van der Waals surface area contributed by atoms with Gasteiger partial charge in [-0.05, 0) is 52.3 Å². The number of fused-ring (bicyclic) bond motifs is 1. The van der Waals surface area contributed by atoms with Crippen LogP contribution in [0.2, 0.25) is 0 Å². The molecule has 0 radical (unpaired) electrons. The normalized spacial score (nSPS) is 11.3. The van der Waals surface area contributed by atoms with Crippen LogP contribution in [0.5, 0.6) is 0 Å². The number of nitrogens with zero attached hydrogens (tertiary/aromatic N) is 1. The van der Waals surface area contributed by atoms with Gasteiger partial charge in [0.25, 0.3) is 0 Å². The van der Waals surface area contributed by atoms with E-state index in [1.54, 1.807) is 0 Å². The average Bonchev–Trinajstić information content (AvgIpc) is 3.24. The summed E-state index contributed by atoms with van der Waals surface area (Å²) >= 11 is 9.47. The number of alkyl halides is 1. The Bertz CT molecular complexity index is 1020. The van der Waals surface area contributed by atoms with Gasteiger partial charge in [-0.2, -0.15) is 0 Å². The summed E-state index contributed by atoms with van der Waals surface area (Å²) in [7, 11) is 4.31. The van der Waals surface area contributed by atoms with E-state index in [1.807, 2.05) is 22.7 Å². The molecule has 1 heterocycles. The Labute approximate surface area is 215 Å². The van der Waals surface area contributed by atoms with Crippen LogP contribution in [0.4, 0.5) is 0 Å². The van der Waals surface area contributed by atoms with Crippen LogP contribution in [0.25, 0.3) is 21.2 Å². The van der Waals surface area contributed by atoms with E-state index < -0.39 is 0 Å². The van der Waals surface area contributed by atoms with Crippen molar-refractivity contribution in [3.05, 3.63) is 46.4 Å². The Hall–Kier alpha value is -0.620. The molecule has 3 rings (SSSR count). The van der Waals surface area contributed by atoms with Gasteiger partial charge < -0.3 is 0 Å². The van der Waals surface area contributed by atoms with Crippen LogP contribution in [0, 0.1) is 0 Å². The second-order valence-electron chi connectivity index (χ2n) is 8.62. The lowest BCUT2D eigenvalue weighted by Crippen LogP contribution is -2.14. The van der Waals surface area contributed by atoms with E-state index >= 15 is 0 Å². The van der Waals surface area contributed by atoms with E-state index in [2.05, 4.69) is 88.8 Å². The fraction of sp³-hybridized carbons (Fsp3) is 0.519. The molecule has 174 valence electrons. The Morgan fingerprint density at radius 1 is 0.750 bits per heavy atom. The molecular weight excluding hydrogens is 514 g/mol. The lowest BCUT2D eigenvalue weighted by Gasteiger charge is -2.05. The van der Waals surface area contributed by atoms with Gasteiger partial charge in [0, 0.05) is 5.33 Å². The highest BCUT2D eigenvalue weighted by atomic mass is 79.9. The Balaban J connectivity index is 1.48. The highest BCUT2D eigenvalue weighted by Gasteiger charge is 2.14. The first kappa shape index (κ1) is 26.0. The van der Waals surface area contributed by atoms with Crippen LogP contribution < -0.4 is 8.56 Å². The van der Waals surface area contributed by atoms with Gasteiger partial charge >= 0.3 is 3.98 Å². The molecule has 0 unspecified atom stereocenters. The van der Waals surface area contributed by atoms with Crippen molar-refractivity contribution in [1.29, 1.82) is 0 Å². The van der Waals surface area contributed by atoms with Gasteiger partial charge in [-0.1, -0.05) is 115 Å². The molecule has 5 heteroatoms. The number of hydrogen-bond donors (Lipinski definition) is 0. The first-order chi connectivity index (χ1) is 15.7. The van der Waals surface area contributed by atoms with E-state index in [4.69, 9.17) is 0 Å². The van der Waals surface area contributed by atoms with E-state index in [0.29, 0.717) is 0 Å². The van der Waals surface area contributed by atoms with Gasteiger partial charge in [0.2, 0.25) is 0 Å². The lowest BCUT2D eigenvalue weighted by molar-refractivity contribution is 0.564. The summed E-state index contributed by atoms with van der Waals surface area (Å²) in [5.41, 5.74) is 1.36. The molecule has 2 aromatic carbocycles. The Morgan fingerprint density at radius 3 is 2.03 bits per heavy atom. The van der Waals surface area contributed by atoms with E-state index in [1.165, 1.54) is 99.4 Å². The van der Waals surface area contributed by atoms with Crippen molar-refractivity contribution in [2.24, 2.45) is 0 Å². The zero-order valence-corrected chi connectivity index (χ0v) is 23.6. The molecular formula is C27H37BrNS3+. The largest absolute Gasteiger partial charge is 0.315 e. The summed E-state index contributed by atoms with van der Waals surface area (Å²) < 4.78 is 5.12. The third-order valence-corrected chi connectivity index (χ3v) is 10.7. The summed E-state index contributed by atoms with van der Waals surface area (Å²) in [5.74, 6) is 1.23. The van der Waals surface area contributed by atoms with Gasteiger partial charge in [0.1, 0.15) is 14.1 Å². The number of halogens is 1. The molecule has 0 N–H and O–H groups in total. The van der Waals surface area contributed by atoms with Crippen LogP contribution in [-0.4, -0.2) is 25.2 Å². The monoisotopic (exact) mass is 550 g/mol. The van der Waals surface area contributed by atoms with Crippen molar-refractivity contribution < 1.29 is 0 Å². The molecule has 0 bridgehead atoms. The zero-order valence-electron chi connectivity index (χ0n) is 19.6. The van der Waals surface area contributed by atoms with Gasteiger partial charge in [0.15, 0.2) is 0 Å². The maximum absolute atomic E-state index is 3.52. The van der Waals surface area contributed by atoms with Crippen molar-refractivity contribution in [3.63, 3.8) is 0 Å². The topological polar surface area (TPSA) is 3.01 Å². The van der Waals surface area contributed by atoms with Crippen LogP contribution in [-0.2, 0) is 0 Å². The van der Waals surface area contributed by atoms with Crippen molar-refractivity contribution in [2.75, 3.05) is 25.2 Å². The standard InChI is InChI=1S/C27H37BrNS3/c1-29(2)27-31-25(24-18-17-22-15-11-12-16-23(22)21-24)26(32-27)30-20-14-10-8-6-4-3-5-7-9-13-19-28/h11-12,15-18,21H,3-10,13-14,19-20H2,1-2H3/q+1. The maximum atomic E-state index is 3.52. The molecule has 0 fully saturated rings. The first-order valence-electron chi connectivity index (χ1n) is 12.0. The molecule has 0 atom stereocenters. The minimum absolute atomic E-state index is 1.16. The number of hydrogen-bond acceptors (Lipinski definition) is 3. The fourth-order valence-corrected chi connectivity index (χ4v) is 8.35. The highest BCUT2D eigenvalue weighted by Crippen LogP contribution is 2.38. The molecule has 0 aliphatic heterocycles. The Morgan fingerprint density at radius 2 is 1.38 bits per heavy atom. The molecule has 0 aliphatic rings. The minimum atomic E-state index is 1.16. The van der Waals surface area contributed by atoms with Crippen LogP contribution >= 0.6 is 50.4 Å². The summed E-state index contributed by atoms with van der Waals surface area (Å²) in [5, 5.41) is 3.81. The Kier molecular flexibility index (Phi) is 11.9. The van der Waals surface area contributed by atoms with E-state index in [0.717, 1.165) is 5.33 Å². The lowest BCUT2D eigenvalue weighted by atomic mass is 10.1. The second-order valence-corrected chi connectivity index (χ2v) is 13.0. The number of thioether (sulfide) groups is 1. The van der Waals surface area contributed by atoms with Gasteiger partial charge in [-0.3, -0.25) is 0 Å². The van der Waals surface area contributed by atoms with Crippen LogP contribution in [0.15, 0.2) is 46.7 Å². The molecule has 0 spiro atoms. The predicted octanol–water partition coefficient (Wildman–Crippen LogP) is 9.05. The quantitative estimate of drug-likeness (QED) is 0.0836. The van der Waals surface area contributed by atoms with E-state index in [9.17, 15) is 0 Å².